The summed E-state index contributed by atoms with van der Waals surface area (Å²) in [5, 5.41) is 6.31. The number of carbonyl (C=O) groups is 1. The Morgan fingerprint density at radius 2 is 1.90 bits per heavy atom. The third-order valence-corrected chi connectivity index (χ3v) is 3.12. The van der Waals surface area contributed by atoms with Gasteiger partial charge in [-0.15, -0.1) is 0 Å². The molecular weight excluding hydrogens is 308 g/mol. The van der Waals surface area contributed by atoms with E-state index in [1.165, 1.54) is 0 Å². The Kier molecular flexibility index (Phi) is 5.14. The Morgan fingerprint density at radius 3 is 2.57 bits per heavy atom. The second-order valence-corrected chi connectivity index (χ2v) is 4.99. The van der Waals surface area contributed by atoms with E-state index >= 15 is 0 Å². The number of hydrogen-bond donors (Lipinski definition) is 2. The van der Waals surface area contributed by atoms with E-state index in [0.29, 0.717) is 16.3 Å². The van der Waals surface area contributed by atoms with E-state index in [-0.39, 0.29) is 11.0 Å². The molecule has 0 saturated carbocycles. The summed E-state index contributed by atoms with van der Waals surface area (Å²) in [6.07, 6.45) is 0. The molecule has 0 radical (unpaired) electrons. The van der Waals surface area contributed by atoms with Crippen LogP contribution in [0, 0.1) is 0 Å². The number of carbonyl (C=O) groups excluding carboxylic acids is 1. The standard InChI is InChI=1S/C15H13ClN2O2S/c1-20-13-4-2-3-12(9-13)17-15(21)18-14(19)10-5-7-11(16)8-6-10/h2-9H,1H3,(H2,17,18,19,21). The van der Waals surface area contributed by atoms with Gasteiger partial charge >= 0.3 is 0 Å². The molecule has 0 fully saturated rings. The van der Waals surface area contributed by atoms with Crippen molar-refractivity contribution in [1.29, 1.82) is 0 Å². The van der Waals surface area contributed by atoms with Crippen LogP contribution in [-0.2, 0) is 0 Å². The number of anilines is 1. The highest BCUT2D eigenvalue weighted by Gasteiger charge is 2.08. The molecule has 0 spiro atoms. The molecule has 21 heavy (non-hydrogen) atoms. The van der Waals surface area contributed by atoms with Gasteiger partial charge in [-0.25, -0.2) is 0 Å². The predicted octanol–water partition coefficient (Wildman–Crippen LogP) is 3.48. The van der Waals surface area contributed by atoms with Gasteiger partial charge in [-0.05, 0) is 48.6 Å². The van der Waals surface area contributed by atoms with Gasteiger partial charge in [0.25, 0.3) is 5.91 Å². The fourth-order valence-electron chi connectivity index (χ4n) is 1.64. The number of amides is 1. The van der Waals surface area contributed by atoms with Crippen molar-refractivity contribution in [3.05, 3.63) is 59.1 Å². The van der Waals surface area contributed by atoms with Gasteiger partial charge in [0.15, 0.2) is 5.11 Å². The third-order valence-electron chi connectivity index (χ3n) is 2.66. The zero-order valence-electron chi connectivity index (χ0n) is 11.2. The number of benzene rings is 2. The molecule has 4 nitrogen and oxygen atoms in total. The normalized spacial score (nSPS) is 9.81. The number of nitrogens with one attached hydrogen (secondary N) is 2. The number of rotatable bonds is 3. The summed E-state index contributed by atoms with van der Waals surface area (Å²) in [6.45, 7) is 0. The Morgan fingerprint density at radius 1 is 1.19 bits per heavy atom. The molecule has 2 rings (SSSR count). The maximum atomic E-state index is 12.0. The highest BCUT2D eigenvalue weighted by Crippen LogP contribution is 2.16. The minimum Gasteiger partial charge on any atom is -0.497 e. The van der Waals surface area contributed by atoms with Gasteiger partial charge in [0, 0.05) is 22.3 Å². The molecule has 0 atom stereocenters. The molecule has 0 bridgehead atoms. The number of hydrogen-bond acceptors (Lipinski definition) is 3. The first-order valence-corrected chi connectivity index (χ1v) is 6.89. The van der Waals surface area contributed by atoms with E-state index in [0.717, 1.165) is 5.69 Å². The molecule has 6 heteroatoms. The van der Waals surface area contributed by atoms with Crippen LogP contribution in [0.4, 0.5) is 5.69 Å². The molecule has 1 amide bonds. The summed E-state index contributed by atoms with van der Waals surface area (Å²) >= 11 is 10.9. The Labute approximate surface area is 133 Å². The quantitative estimate of drug-likeness (QED) is 0.850. The molecule has 0 aliphatic carbocycles. The second kappa shape index (κ2) is 7.06. The van der Waals surface area contributed by atoms with Crippen molar-refractivity contribution in [2.24, 2.45) is 0 Å². The zero-order chi connectivity index (χ0) is 15.2. The van der Waals surface area contributed by atoms with Crippen LogP contribution in [0.5, 0.6) is 5.75 Å². The van der Waals surface area contributed by atoms with E-state index in [1.54, 1.807) is 37.4 Å². The number of halogens is 1. The summed E-state index contributed by atoms with van der Waals surface area (Å²) < 4.78 is 5.11. The van der Waals surface area contributed by atoms with E-state index < -0.39 is 0 Å². The maximum Gasteiger partial charge on any atom is 0.257 e. The molecule has 2 N–H and O–H groups in total. The van der Waals surface area contributed by atoms with Crippen molar-refractivity contribution < 1.29 is 9.53 Å². The first-order chi connectivity index (χ1) is 10.1. The lowest BCUT2D eigenvalue weighted by Gasteiger charge is -2.10. The van der Waals surface area contributed by atoms with Crippen molar-refractivity contribution in [1.82, 2.24) is 5.32 Å². The van der Waals surface area contributed by atoms with Gasteiger partial charge in [0.05, 0.1) is 7.11 Å². The molecule has 0 aromatic heterocycles. The topological polar surface area (TPSA) is 50.4 Å². The third kappa shape index (κ3) is 4.44. The number of ether oxygens (including phenoxy) is 1. The lowest BCUT2D eigenvalue weighted by molar-refractivity contribution is 0.0978. The SMILES string of the molecule is COc1cccc(NC(=S)NC(=O)c2ccc(Cl)cc2)c1. The Balaban J connectivity index is 1.97. The van der Waals surface area contributed by atoms with Gasteiger partial charge in [-0.3, -0.25) is 10.1 Å². The maximum absolute atomic E-state index is 12.0. The van der Waals surface area contributed by atoms with Gasteiger partial charge in [0.1, 0.15) is 5.75 Å². The summed E-state index contributed by atoms with van der Waals surface area (Å²) in [4.78, 5) is 12.0. The minimum absolute atomic E-state index is 0.211. The van der Waals surface area contributed by atoms with Crippen LogP contribution in [0.1, 0.15) is 10.4 Å². The fraction of sp³-hybridized carbons (Fsp3) is 0.0667. The first kappa shape index (κ1) is 15.3. The van der Waals surface area contributed by atoms with Crippen LogP contribution in [0.25, 0.3) is 0 Å². The van der Waals surface area contributed by atoms with Crippen LogP contribution >= 0.6 is 23.8 Å². The summed E-state index contributed by atoms with van der Waals surface area (Å²) in [6, 6.07) is 13.8. The summed E-state index contributed by atoms with van der Waals surface area (Å²) in [5.74, 6) is 0.402. The molecule has 0 aliphatic rings. The van der Waals surface area contributed by atoms with Gasteiger partial charge in [-0.2, -0.15) is 0 Å². The van der Waals surface area contributed by atoms with Gasteiger partial charge in [0.2, 0.25) is 0 Å². The van der Waals surface area contributed by atoms with Crippen LogP contribution < -0.4 is 15.4 Å². The molecule has 108 valence electrons. The smallest absolute Gasteiger partial charge is 0.257 e. The molecular formula is C15H13ClN2O2S. The van der Waals surface area contributed by atoms with Gasteiger partial charge < -0.3 is 10.1 Å². The molecule has 0 heterocycles. The highest BCUT2D eigenvalue weighted by molar-refractivity contribution is 7.80. The van der Waals surface area contributed by atoms with Gasteiger partial charge in [-0.1, -0.05) is 17.7 Å². The Hall–Kier alpha value is -2.11. The Bertz CT molecular complexity index is 659. The fourth-order valence-corrected chi connectivity index (χ4v) is 1.98. The second-order valence-electron chi connectivity index (χ2n) is 4.15. The molecule has 0 aliphatic heterocycles. The molecule has 0 unspecified atom stereocenters. The average molecular weight is 321 g/mol. The van der Waals surface area contributed by atoms with Crippen molar-refractivity contribution in [2.45, 2.75) is 0 Å². The average Bonchev–Trinajstić information content (AvgIpc) is 2.47. The zero-order valence-corrected chi connectivity index (χ0v) is 12.8. The molecule has 2 aromatic rings. The van der Waals surface area contributed by atoms with Crippen molar-refractivity contribution in [2.75, 3.05) is 12.4 Å². The predicted molar refractivity (Wildman–Crippen MR) is 88.1 cm³/mol. The number of methoxy groups -OCH3 is 1. The monoisotopic (exact) mass is 320 g/mol. The van der Waals surface area contributed by atoms with Crippen molar-refractivity contribution in [3.63, 3.8) is 0 Å². The lowest BCUT2D eigenvalue weighted by Crippen LogP contribution is -2.34. The van der Waals surface area contributed by atoms with E-state index in [4.69, 9.17) is 28.6 Å². The van der Waals surface area contributed by atoms with Crippen molar-refractivity contribution >= 4 is 40.5 Å². The van der Waals surface area contributed by atoms with Crippen LogP contribution in [0.15, 0.2) is 48.5 Å². The largest absolute Gasteiger partial charge is 0.497 e. The molecule has 0 saturated heterocycles. The highest BCUT2D eigenvalue weighted by atomic mass is 35.5. The number of thiocarbonyl (C=S) groups is 1. The lowest BCUT2D eigenvalue weighted by atomic mass is 10.2. The van der Waals surface area contributed by atoms with E-state index in [1.807, 2.05) is 18.2 Å². The van der Waals surface area contributed by atoms with Crippen LogP contribution in [0.3, 0.4) is 0 Å². The molecule has 2 aromatic carbocycles. The summed E-state index contributed by atoms with van der Waals surface area (Å²) in [7, 11) is 1.58. The minimum atomic E-state index is -0.299. The first-order valence-electron chi connectivity index (χ1n) is 6.10. The van der Waals surface area contributed by atoms with E-state index in [9.17, 15) is 4.79 Å². The van der Waals surface area contributed by atoms with Crippen LogP contribution in [0.2, 0.25) is 5.02 Å². The van der Waals surface area contributed by atoms with Crippen molar-refractivity contribution in [3.8, 4) is 5.75 Å². The van der Waals surface area contributed by atoms with Crippen LogP contribution in [-0.4, -0.2) is 18.1 Å². The summed E-state index contributed by atoms with van der Waals surface area (Å²) in [5.41, 5.74) is 1.21. The van der Waals surface area contributed by atoms with E-state index in [2.05, 4.69) is 10.6 Å².